The molecular formula is C18H15N3O3S. The monoisotopic (exact) mass is 353 g/mol. The number of benzene rings is 2. The number of nitro groups is 1. The molecule has 0 saturated heterocycles. The van der Waals surface area contributed by atoms with Gasteiger partial charge in [-0.25, -0.2) is 4.98 Å². The van der Waals surface area contributed by atoms with E-state index in [9.17, 15) is 14.9 Å². The number of carbonyl (C=O) groups excluding carboxylic acids is 1. The number of nitro benzene ring substituents is 1. The molecule has 126 valence electrons. The molecule has 0 unspecified atom stereocenters. The van der Waals surface area contributed by atoms with Gasteiger partial charge in [-0.05, 0) is 12.5 Å². The van der Waals surface area contributed by atoms with E-state index in [1.165, 1.54) is 23.5 Å². The van der Waals surface area contributed by atoms with Gasteiger partial charge in [-0.1, -0.05) is 42.0 Å². The maximum atomic E-state index is 12.1. The lowest BCUT2D eigenvalue weighted by atomic mass is 10.1. The van der Waals surface area contributed by atoms with Crippen molar-refractivity contribution in [1.29, 1.82) is 0 Å². The Kier molecular flexibility index (Phi) is 4.85. The summed E-state index contributed by atoms with van der Waals surface area (Å²) < 4.78 is 0. The van der Waals surface area contributed by atoms with Crippen LogP contribution in [0, 0.1) is 17.0 Å². The van der Waals surface area contributed by atoms with Gasteiger partial charge in [0.2, 0.25) is 5.91 Å². The lowest BCUT2D eigenvalue weighted by Crippen LogP contribution is -2.14. The fraction of sp³-hybridized carbons (Fsp3) is 0.111. The summed E-state index contributed by atoms with van der Waals surface area (Å²) >= 11 is 1.29. The summed E-state index contributed by atoms with van der Waals surface area (Å²) in [5.74, 6) is -0.149. The smallest absolute Gasteiger partial charge is 0.270 e. The first-order valence-electron chi connectivity index (χ1n) is 7.57. The van der Waals surface area contributed by atoms with E-state index in [-0.39, 0.29) is 18.0 Å². The standard InChI is InChI=1S/C18H15N3O3S/c1-12-5-7-13(8-6-12)9-17(22)20-18-19-16(11-25-18)14-3-2-4-15(10-14)21(23)24/h2-8,10-11H,9H2,1H3,(H,19,20,22). The van der Waals surface area contributed by atoms with Crippen LogP contribution in [0.15, 0.2) is 53.9 Å². The van der Waals surface area contributed by atoms with Crippen LogP contribution in [0.1, 0.15) is 11.1 Å². The quantitative estimate of drug-likeness (QED) is 0.550. The Morgan fingerprint density at radius 1 is 1.24 bits per heavy atom. The Hall–Kier alpha value is -3.06. The molecule has 0 spiro atoms. The summed E-state index contributed by atoms with van der Waals surface area (Å²) in [6.45, 7) is 1.99. The topological polar surface area (TPSA) is 85.1 Å². The van der Waals surface area contributed by atoms with Gasteiger partial charge < -0.3 is 5.32 Å². The Morgan fingerprint density at radius 3 is 2.72 bits per heavy atom. The number of hydrogen-bond donors (Lipinski definition) is 1. The predicted octanol–water partition coefficient (Wildman–Crippen LogP) is 4.21. The predicted molar refractivity (Wildman–Crippen MR) is 97.7 cm³/mol. The van der Waals surface area contributed by atoms with Gasteiger partial charge in [0.1, 0.15) is 0 Å². The maximum Gasteiger partial charge on any atom is 0.270 e. The van der Waals surface area contributed by atoms with Crippen LogP contribution >= 0.6 is 11.3 Å². The Morgan fingerprint density at radius 2 is 2.00 bits per heavy atom. The fourth-order valence-electron chi connectivity index (χ4n) is 2.30. The summed E-state index contributed by atoms with van der Waals surface area (Å²) in [4.78, 5) is 26.9. The van der Waals surface area contributed by atoms with Crippen LogP contribution in [0.25, 0.3) is 11.3 Å². The van der Waals surface area contributed by atoms with Crippen molar-refractivity contribution in [3.63, 3.8) is 0 Å². The number of nitrogens with zero attached hydrogens (tertiary/aromatic N) is 2. The first-order valence-corrected chi connectivity index (χ1v) is 8.45. The second-order valence-electron chi connectivity index (χ2n) is 5.56. The normalized spacial score (nSPS) is 10.4. The molecule has 6 nitrogen and oxygen atoms in total. The number of thiazole rings is 1. The molecule has 0 aliphatic rings. The van der Waals surface area contributed by atoms with Crippen molar-refractivity contribution in [1.82, 2.24) is 4.98 Å². The van der Waals surface area contributed by atoms with Gasteiger partial charge in [0, 0.05) is 23.1 Å². The van der Waals surface area contributed by atoms with Crippen molar-refractivity contribution in [3.8, 4) is 11.3 Å². The highest BCUT2D eigenvalue weighted by Gasteiger charge is 2.11. The van der Waals surface area contributed by atoms with Crippen LogP contribution in [0.4, 0.5) is 10.8 Å². The highest BCUT2D eigenvalue weighted by Crippen LogP contribution is 2.27. The van der Waals surface area contributed by atoms with Crippen molar-refractivity contribution in [2.75, 3.05) is 5.32 Å². The molecule has 0 aliphatic heterocycles. The first kappa shape index (κ1) is 16.8. The van der Waals surface area contributed by atoms with Crippen LogP contribution in [-0.4, -0.2) is 15.8 Å². The van der Waals surface area contributed by atoms with Crippen molar-refractivity contribution in [2.24, 2.45) is 0 Å². The maximum absolute atomic E-state index is 12.1. The van der Waals surface area contributed by atoms with Crippen LogP contribution in [0.5, 0.6) is 0 Å². The highest BCUT2D eigenvalue weighted by atomic mass is 32.1. The number of nitrogens with one attached hydrogen (secondary N) is 1. The number of amides is 1. The number of hydrogen-bond acceptors (Lipinski definition) is 5. The zero-order chi connectivity index (χ0) is 17.8. The Bertz CT molecular complexity index is 919. The highest BCUT2D eigenvalue weighted by molar-refractivity contribution is 7.14. The van der Waals surface area contributed by atoms with Crippen molar-refractivity contribution in [3.05, 3.63) is 75.2 Å². The summed E-state index contributed by atoms with van der Waals surface area (Å²) in [5, 5.41) is 15.9. The zero-order valence-corrected chi connectivity index (χ0v) is 14.2. The molecular weight excluding hydrogens is 338 g/mol. The summed E-state index contributed by atoms with van der Waals surface area (Å²) in [7, 11) is 0. The van der Waals surface area contributed by atoms with Gasteiger partial charge in [0.15, 0.2) is 5.13 Å². The van der Waals surface area contributed by atoms with E-state index in [1.807, 2.05) is 31.2 Å². The van der Waals surface area contributed by atoms with Crippen LogP contribution in [0.2, 0.25) is 0 Å². The minimum absolute atomic E-state index is 0.00968. The molecule has 3 aromatic rings. The molecule has 1 aromatic heterocycles. The fourth-order valence-corrected chi connectivity index (χ4v) is 3.03. The van der Waals surface area contributed by atoms with E-state index in [1.54, 1.807) is 17.5 Å². The van der Waals surface area contributed by atoms with Crippen molar-refractivity contribution >= 4 is 28.1 Å². The van der Waals surface area contributed by atoms with E-state index in [0.717, 1.165) is 11.1 Å². The molecule has 1 amide bonds. The average Bonchev–Trinajstić information content (AvgIpc) is 3.05. The lowest BCUT2D eigenvalue weighted by molar-refractivity contribution is -0.384. The van der Waals surface area contributed by atoms with Gasteiger partial charge in [-0.3, -0.25) is 14.9 Å². The third-order valence-corrected chi connectivity index (χ3v) is 4.35. The molecule has 0 atom stereocenters. The number of carbonyl (C=O) groups is 1. The molecule has 0 saturated carbocycles. The van der Waals surface area contributed by atoms with Crippen LogP contribution in [0.3, 0.4) is 0 Å². The molecule has 25 heavy (non-hydrogen) atoms. The van der Waals surface area contributed by atoms with Gasteiger partial charge in [0.05, 0.1) is 17.0 Å². The third-order valence-electron chi connectivity index (χ3n) is 3.59. The first-order chi connectivity index (χ1) is 12.0. The van der Waals surface area contributed by atoms with Gasteiger partial charge in [0.25, 0.3) is 5.69 Å². The Balaban J connectivity index is 1.69. The summed E-state index contributed by atoms with van der Waals surface area (Å²) in [5.41, 5.74) is 3.32. The number of rotatable bonds is 5. The van der Waals surface area contributed by atoms with Gasteiger partial charge >= 0.3 is 0 Å². The second kappa shape index (κ2) is 7.23. The number of anilines is 1. The van der Waals surface area contributed by atoms with E-state index in [0.29, 0.717) is 16.4 Å². The van der Waals surface area contributed by atoms with Crippen molar-refractivity contribution < 1.29 is 9.72 Å². The van der Waals surface area contributed by atoms with Gasteiger partial charge in [-0.15, -0.1) is 11.3 Å². The molecule has 7 heteroatoms. The minimum Gasteiger partial charge on any atom is -0.302 e. The van der Waals surface area contributed by atoms with Crippen LogP contribution in [-0.2, 0) is 11.2 Å². The van der Waals surface area contributed by atoms with E-state index in [4.69, 9.17) is 0 Å². The largest absolute Gasteiger partial charge is 0.302 e. The van der Waals surface area contributed by atoms with Gasteiger partial charge in [-0.2, -0.15) is 0 Å². The number of aromatic nitrogens is 1. The molecule has 3 rings (SSSR count). The number of non-ortho nitro benzene ring substituents is 1. The molecule has 1 heterocycles. The summed E-state index contributed by atoms with van der Waals surface area (Å²) in [6.07, 6.45) is 0.270. The molecule has 0 bridgehead atoms. The zero-order valence-electron chi connectivity index (χ0n) is 13.4. The van der Waals surface area contributed by atoms with E-state index >= 15 is 0 Å². The molecule has 0 radical (unpaired) electrons. The van der Waals surface area contributed by atoms with E-state index < -0.39 is 4.92 Å². The van der Waals surface area contributed by atoms with Crippen molar-refractivity contribution in [2.45, 2.75) is 13.3 Å². The van der Waals surface area contributed by atoms with E-state index in [2.05, 4.69) is 10.3 Å². The minimum atomic E-state index is -0.444. The SMILES string of the molecule is Cc1ccc(CC(=O)Nc2nc(-c3cccc([N+](=O)[O-])c3)cs2)cc1. The lowest BCUT2D eigenvalue weighted by Gasteiger charge is -2.02. The summed E-state index contributed by atoms with van der Waals surface area (Å²) in [6, 6.07) is 14.0. The molecule has 0 fully saturated rings. The third kappa shape index (κ3) is 4.27. The number of aryl methyl sites for hydroxylation is 1. The molecule has 1 N–H and O–H groups in total. The average molecular weight is 353 g/mol. The van der Waals surface area contributed by atoms with Crippen LogP contribution < -0.4 is 5.32 Å². The molecule has 0 aliphatic carbocycles. The molecule has 2 aromatic carbocycles. The Labute approximate surface area is 148 Å². The second-order valence-corrected chi connectivity index (χ2v) is 6.41.